The van der Waals surface area contributed by atoms with Crippen LogP contribution in [0, 0.1) is 12.8 Å². The minimum Gasteiger partial charge on any atom is -0.494 e. The van der Waals surface area contributed by atoms with Gasteiger partial charge in [-0.15, -0.1) is 0 Å². The van der Waals surface area contributed by atoms with Crippen molar-refractivity contribution in [3.63, 3.8) is 0 Å². The molecule has 1 amide bonds. The van der Waals surface area contributed by atoms with Crippen molar-refractivity contribution in [2.24, 2.45) is 11.7 Å². The summed E-state index contributed by atoms with van der Waals surface area (Å²) in [4.78, 5) is 27.8. The third-order valence-corrected chi connectivity index (χ3v) is 4.95. The molecule has 2 atom stereocenters. The number of benzene rings is 1. The number of hydrogen-bond donors (Lipinski definition) is 5. The summed E-state index contributed by atoms with van der Waals surface area (Å²) < 4.78 is 10.6. The molecule has 1 aromatic heterocycles. The first-order valence-electron chi connectivity index (χ1n) is 9.28. The highest BCUT2D eigenvalue weighted by Crippen LogP contribution is 2.34. The van der Waals surface area contributed by atoms with Gasteiger partial charge in [0.15, 0.2) is 23.2 Å². The number of H-pyrrole nitrogens is 1. The van der Waals surface area contributed by atoms with Crippen LogP contribution < -0.4 is 20.5 Å². The predicted octanol–water partition coefficient (Wildman–Crippen LogP) is 1.88. The molecule has 0 saturated carbocycles. The van der Waals surface area contributed by atoms with Crippen molar-refractivity contribution in [2.75, 3.05) is 6.79 Å². The number of amides is 1. The van der Waals surface area contributed by atoms with E-state index in [4.69, 9.17) is 15.2 Å². The van der Waals surface area contributed by atoms with Crippen molar-refractivity contribution in [2.45, 2.75) is 39.3 Å². The number of aromatic hydroxyl groups is 2. The largest absolute Gasteiger partial charge is 0.494 e. The Hall–Kier alpha value is -3.20. The molecule has 1 unspecified atom stereocenters. The van der Waals surface area contributed by atoms with Crippen LogP contribution in [0.4, 0.5) is 0 Å². The number of carbonyl (C=O) groups is 2. The molecule has 0 bridgehead atoms. The minimum absolute atomic E-state index is 0.0402. The average Bonchev–Trinajstić information content (AvgIpc) is 3.22. The summed E-state index contributed by atoms with van der Waals surface area (Å²) in [5.41, 5.74) is 7.06. The van der Waals surface area contributed by atoms with E-state index in [9.17, 15) is 19.8 Å². The summed E-state index contributed by atoms with van der Waals surface area (Å²) in [7, 11) is 0. The van der Waals surface area contributed by atoms with Crippen LogP contribution in [0.1, 0.15) is 47.8 Å². The van der Waals surface area contributed by atoms with Crippen LogP contribution in [-0.4, -0.2) is 39.7 Å². The molecule has 0 spiro atoms. The maximum atomic E-state index is 12.9. The van der Waals surface area contributed by atoms with Gasteiger partial charge in [-0.1, -0.05) is 19.9 Å². The van der Waals surface area contributed by atoms with E-state index in [-0.39, 0.29) is 36.1 Å². The first kappa shape index (κ1) is 20.5. The van der Waals surface area contributed by atoms with Gasteiger partial charge in [-0.3, -0.25) is 14.6 Å². The van der Waals surface area contributed by atoms with Gasteiger partial charge in [0.05, 0.1) is 11.6 Å². The molecule has 0 saturated heterocycles. The number of ether oxygens (including phenoxy) is 2. The lowest BCUT2D eigenvalue weighted by Gasteiger charge is -2.22. The van der Waals surface area contributed by atoms with Crippen molar-refractivity contribution in [3.8, 4) is 23.3 Å². The Bertz CT molecular complexity index is 937. The molecule has 29 heavy (non-hydrogen) atoms. The Kier molecular flexibility index (Phi) is 5.69. The molecule has 9 heteroatoms. The fourth-order valence-corrected chi connectivity index (χ4v) is 3.25. The van der Waals surface area contributed by atoms with Gasteiger partial charge in [0.2, 0.25) is 18.6 Å². The first-order valence-corrected chi connectivity index (χ1v) is 9.28. The molecule has 1 aromatic carbocycles. The summed E-state index contributed by atoms with van der Waals surface area (Å²) in [6.45, 7) is 5.21. The number of ketones is 1. The van der Waals surface area contributed by atoms with E-state index in [1.165, 1.54) is 6.92 Å². The maximum absolute atomic E-state index is 12.9. The summed E-state index contributed by atoms with van der Waals surface area (Å²) in [5, 5.41) is 22.3. The Balaban J connectivity index is 1.70. The van der Waals surface area contributed by atoms with E-state index in [2.05, 4.69) is 10.3 Å². The number of Topliss-reactive ketones (excluding diaryl/α,β-unsaturated/α-hetero) is 1. The van der Waals surface area contributed by atoms with Crippen molar-refractivity contribution in [3.05, 3.63) is 34.9 Å². The van der Waals surface area contributed by atoms with Gasteiger partial charge in [0.1, 0.15) is 0 Å². The lowest BCUT2D eigenvalue weighted by Crippen LogP contribution is -2.45. The van der Waals surface area contributed by atoms with Crippen molar-refractivity contribution >= 4 is 11.7 Å². The Morgan fingerprint density at radius 2 is 1.90 bits per heavy atom. The van der Waals surface area contributed by atoms with Crippen molar-refractivity contribution < 1.29 is 29.3 Å². The summed E-state index contributed by atoms with van der Waals surface area (Å²) in [6, 6.07) is 3.75. The van der Waals surface area contributed by atoms with Crippen molar-refractivity contribution in [1.82, 2.24) is 10.3 Å². The first-order chi connectivity index (χ1) is 13.7. The van der Waals surface area contributed by atoms with Gasteiger partial charge in [-0.2, -0.15) is 0 Å². The Morgan fingerprint density at radius 3 is 2.52 bits per heavy atom. The van der Waals surface area contributed by atoms with Crippen LogP contribution in [0.15, 0.2) is 18.2 Å². The quantitative estimate of drug-likeness (QED) is 0.443. The van der Waals surface area contributed by atoms with Gasteiger partial charge in [-0.25, -0.2) is 0 Å². The molecule has 0 aliphatic carbocycles. The number of aromatic amines is 1. The highest BCUT2D eigenvalue weighted by atomic mass is 16.7. The highest BCUT2D eigenvalue weighted by Gasteiger charge is 2.31. The zero-order valence-corrected chi connectivity index (χ0v) is 16.5. The van der Waals surface area contributed by atoms with E-state index in [1.807, 2.05) is 0 Å². The zero-order chi connectivity index (χ0) is 21.3. The average molecular weight is 403 g/mol. The molecule has 2 aromatic rings. The third kappa shape index (κ3) is 4.14. The Morgan fingerprint density at radius 1 is 1.21 bits per heavy atom. The fraction of sp³-hybridized carbons (Fsp3) is 0.400. The molecular weight excluding hydrogens is 378 g/mol. The molecule has 3 rings (SSSR count). The maximum Gasteiger partial charge on any atom is 0.231 e. The van der Waals surface area contributed by atoms with Crippen LogP contribution in [0.2, 0.25) is 0 Å². The fourth-order valence-electron chi connectivity index (χ4n) is 3.25. The lowest BCUT2D eigenvalue weighted by molar-refractivity contribution is -0.122. The zero-order valence-electron chi connectivity index (χ0n) is 16.5. The molecule has 1 aliphatic heterocycles. The molecule has 1 aliphatic rings. The van der Waals surface area contributed by atoms with Gasteiger partial charge >= 0.3 is 0 Å². The molecule has 9 nitrogen and oxygen atoms in total. The van der Waals surface area contributed by atoms with Gasteiger partial charge in [0, 0.05) is 18.0 Å². The van der Waals surface area contributed by atoms with Gasteiger partial charge < -0.3 is 30.7 Å². The monoisotopic (exact) mass is 403 g/mol. The second kappa shape index (κ2) is 8.04. The highest BCUT2D eigenvalue weighted by molar-refractivity contribution is 6.05. The number of rotatable bonds is 7. The number of carbonyl (C=O) groups excluding carboxylic acids is 2. The van der Waals surface area contributed by atoms with E-state index < -0.39 is 29.7 Å². The van der Waals surface area contributed by atoms with Crippen LogP contribution in [0.25, 0.3) is 0 Å². The smallest absolute Gasteiger partial charge is 0.231 e. The predicted molar refractivity (Wildman–Crippen MR) is 104 cm³/mol. The third-order valence-electron chi connectivity index (χ3n) is 4.95. The van der Waals surface area contributed by atoms with E-state index in [0.29, 0.717) is 17.1 Å². The standard InChI is InChI=1S/C20H25N3O6/c1-9(2)17(18(25)16-10(3)19(26)23-20(16)27)22-15(24)7-12(21)11-4-5-13-14(6-11)29-8-28-13/h4-6,9,12,17,23,26-27H,7-8,21H2,1-3H3,(H,22,24)/t12?,17-/m0/s1. The number of hydrogen-bond acceptors (Lipinski definition) is 7. The van der Waals surface area contributed by atoms with Crippen molar-refractivity contribution in [1.29, 1.82) is 0 Å². The summed E-state index contributed by atoms with van der Waals surface area (Å²) >= 11 is 0. The normalized spacial score (nSPS) is 14.7. The number of fused-ring (bicyclic) bond motifs is 1. The molecule has 2 heterocycles. The molecule has 156 valence electrons. The summed E-state index contributed by atoms with van der Waals surface area (Å²) in [5.74, 6) is -0.654. The number of nitrogens with one attached hydrogen (secondary N) is 2. The minimum atomic E-state index is -0.883. The van der Waals surface area contributed by atoms with E-state index >= 15 is 0 Å². The second-order valence-corrected chi connectivity index (χ2v) is 7.40. The second-order valence-electron chi connectivity index (χ2n) is 7.40. The summed E-state index contributed by atoms with van der Waals surface area (Å²) in [6.07, 6.45) is -0.0422. The lowest BCUT2D eigenvalue weighted by atomic mass is 9.93. The molecular formula is C20H25N3O6. The van der Waals surface area contributed by atoms with Gasteiger partial charge in [0.25, 0.3) is 0 Å². The number of nitrogens with two attached hydrogens (primary N) is 1. The van der Waals surface area contributed by atoms with Gasteiger partial charge in [-0.05, 0) is 30.5 Å². The number of aromatic nitrogens is 1. The van der Waals surface area contributed by atoms with Crippen LogP contribution >= 0.6 is 0 Å². The van der Waals surface area contributed by atoms with Crippen LogP contribution in [-0.2, 0) is 4.79 Å². The topological polar surface area (TPSA) is 147 Å². The Labute approximate surface area is 167 Å². The molecule has 0 radical (unpaired) electrons. The van der Waals surface area contributed by atoms with Crippen LogP contribution in [0.3, 0.4) is 0 Å². The van der Waals surface area contributed by atoms with Crippen LogP contribution in [0.5, 0.6) is 23.3 Å². The molecule has 6 N–H and O–H groups in total. The van der Waals surface area contributed by atoms with E-state index in [0.717, 1.165) is 0 Å². The SMILES string of the molecule is Cc1c(O)[nH]c(O)c1C(=O)[C@@H](NC(=O)CC(N)c1ccc2c(c1)OCO2)C(C)C. The molecule has 0 fully saturated rings. The van der Waals surface area contributed by atoms with E-state index in [1.54, 1.807) is 32.0 Å².